The molecule has 10 heteroatoms. The molecule has 1 fully saturated rings. The quantitative estimate of drug-likeness (QED) is 0.236. The van der Waals surface area contributed by atoms with E-state index in [-0.39, 0.29) is 23.4 Å². The minimum atomic E-state index is -1.17. The lowest BCUT2D eigenvalue weighted by atomic mass is 9.95. The molecule has 1 aliphatic rings. The molecule has 1 heterocycles. The number of aliphatic hydroxyl groups excluding tert-OH is 1. The zero-order valence-corrected chi connectivity index (χ0v) is 16.1. The Hall–Kier alpha value is -3.72. The highest BCUT2D eigenvalue weighted by atomic mass is 35.5. The molecule has 1 atom stereocenters. The number of nitro benzene ring substituents is 1. The molecular formula is C20H15ClN2O7. The van der Waals surface area contributed by atoms with Crippen LogP contribution in [0.3, 0.4) is 0 Å². The van der Waals surface area contributed by atoms with E-state index in [4.69, 9.17) is 16.7 Å². The van der Waals surface area contributed by atoms with Crippen molar-refractivity contribution >= 4 is 40.7 Å². The zero-order valence-electron chi connectivity index (χ0n) is 15.3. The van der Waals surface area contributed by atoms with E-state index < -0.39 is 40.8 Å². The van der Waals surface area contributed by atoms with E-state index in [1.807, 2.05) is 0 Å². The molecule has 1 amide bonds. The molecule has 30 heavy (non-hydrogen) atoms. The number of aliphatic hydroxyl groups is 1. The van der Waals surface area contributed by atoms with Crippen molar-refractivity contribution in [1.29, 1.82) is 0 Å². The third-order valence-electron chi connectivity index (χ3n) is 4.64. The Balaban J connectivity index is 2.14. The van der Waals surface area contributed by atoms with Crippen LogP contribution in [-0.4, -0.2) is 44.2 Å². The summed E-state index contributed by atoms with van der Waals surface area (Å²) in [6, 6.07) is 9.96. The number of non-ortho nitro benzene ring substituents is 1. The predicted molar refractivity (Wildman–Crippen MR) is 106 cm³/mol. The van der Waals surface area contributed by atoms with Crippen molar-refractivity contribution in [1.82, 2.24) is 4.90 Å². The Morgan fingerprint density at radius 1 is 1.07 bits per heavy atom. The number of likely N-dealkylation sites (tertiary alicyclic amines) is 1. The minimum absolute atomic E-state index is 0.195. The SMILES string of the molecule is O=C(O)CCN1C(=O)C(=O)C(=C(O)c2ccc(Cl)cc2)[C@H]1c1ccc([N+](=O)[O-])cc1. The molecule has 1 aliphatic heterocycles. The van der Waals surface area contributed by atoms with Gasteiger partial charge in [0.25, 0.3) is 17.4 Å². The van der Waals surface area contributed by atoms with Gasteiger partial charge in [0, 0.05) is 29.3 Å². The van der Waals surface area contributed by atoms with Gasteiger partial charge in [-0.25, -0.2) is 0 Å². The van der Waals surface area contributed by atoms with E-state index in [2.05, 4.69) is 0 Å². The summed E-state index contributed by atoms with van der Waals surface area (Å²) < 4.78 is 0. The highest BCUT2D eigenvalue weighted by molar-refractivity contribution is 6.46. The van der Waals surface area contributed by atoms with E-state index in [0.717, 1.165) is 4.90 Å². The molecule has 1 saturated heterocycles. The van der Waals surface area contributed by atoms with Crippen LogP contribution in [0.2, 0.25) is 5.02 Å². The van der Waals surface area contributed by atoms with Crippen LogP contribution in [-0.2, 0) is 14.4 Å². The molecule has 0 aromatic heterocycles. The van der Waals surface area contributed by atoms with Crippen LogP contribution in [0.25, 0.3) is 5.76 Å². The molecule has 0 saturated carbocycles. The first-order valence-corrected chi connectivity index (χ1v) is 9.09. The van der Waals surface area contributed by atoms with Crippen molar-refractivity contribution in [3.8, 4) is 0 Å². The van der Waals surface area contributed by atoms with Gasteiger partial charge in [-0.05, 0) is 42.0 Å². The lowest BCUT2D eigenvalue weighted by molar-refractivity contribution is -0.384. The van der Waals surface area contributed by atoms with E-state index in [9.17, 15) is 29.6 Å². The molecule has 2 N–H and O–H groups in total. The first-order chi connectivity index (χ1) is 14.2. The summed E-state index contributed by atoms with van der Waals surface area (Å²) in [5, 5.41) is 31.1. The summed E-state index contributed by atoms with van der Waals surface area (Å²) in [5.74, 6) is -3.56. The number of Topliss-reactive ketones (excluding diaryl/α,β-unsaturated/α-hetero) is 1. The summed E-state index contributed by atoms with van der Waals surface area (Å²) in [5.41, 5.74) is 0.128. The number of ketones is 1. The number of aliphatic carboxylic acids is 1. The molecule has 0 unspecified atom stereocenters. The normalized spacial score (nSPS) is 17.9. The van der Waals surface area contributed by atoms with Crippen molar-refractivity contribution in [2.24, 2.45) is 0 Å². The molecule has 2 aromatic carbocycles. The van der Waals surface area contributed by atoms with Gasteiger partial charge < -0.3 is 15.1 Å². The number of nitro groups is 1. The maximum atomic E-state index is 12.7. The number of benzene rings is 2. The summed E-state index contributed by atoms with van der Waals surface area (Å²) in [6.07, 6.45) is -0.419. The molecule has 154 valence electrons. The van der Waals surface area contributed by atoms with Gasteiger partial charge in [0.2, 0.25) is 0 Å². The van der Waals surface area contributed by atoms with Crippen molar-refractivity contribution in [3.63, 3.8) is 0 Å². The van der Waals surface area contributed by atoms with Crippen LogP contribution in [0.5, 0.6) is 0 Å². The van der Waals surface area contributed by atoms with Crippen LogP contribution in [0.4, 0.5) is 5.69 Å². The van der Waals surface area contributed by atoms with Gasteiger partial charge >= 0.3 is 5.97 Å². The lowest BCUT2D eigenvalue weighted by Crippen LogP contribution is -2.31. The third-order valence-corrected chi connectivity index (χ3v) is 4.90. The summed E-state index contributed by atoms with van der Waals surface area (Å²) in [6.45, 7) is -0.279. The molecule has 2 aromatic rings. The van der Waals surface area contributed by atoms with Gasteiger partial charge in [0.05, 0.1) is 23.0 Å². The fourth-order valence-corrected chi connectivity index (χ4v) is 3.34. The Labute approximate surface area is 175 Å². The van der Waals surface area contributed by atoms with Gasteiger partial charge in [-0.15, -0.1) is 0 Å². The number of nitrogens with zero attached hydrogens (tertiary/aromatic N) is 2. The van der Waals surface area contributed by atoms with E-state index in [1.54, 1.807) is 0 Å². The van der Waals surface area contributed by atoms with Crippen LogP contribution < -0.4 is 0 Å². The second-order valence-corrected chi connectivity index (χ2v) is 6.93. The molecule has 0 aliphatic carbocycles. The number of amides is 1. The van der Waals surface area contributed by atoms with Gasteiger partial charge in [-0.1, -0.05) is 11.6 Å². The fraction of sp³-hybridized carbons (Fsp3) is 0.150. The fourth-order valence-electron chi connectivity index (χ4n) is 3.21. The Morgan fingerprint density at radius 2 is 1.67 bits per heavy atom. The van der Waals surface area contributed by atoms with Crippen LogP contribution >= 0.6 is 11.6 Å². The molecule has 9 nitrogen and oxygen atoms in total. The monoisotopic (exact) mass is 430 g/mol. The highest BCUT2D eigenvalue weighted by Crippen LogP contribution is 2.40. The van der Waals surface area contributed by atoms with Crippen LogP contribution in [0.1, 0.15) is 23.6 Å². The van der Waals surface area contributed by atoms with Crippen molar-refractivity contribution in [2.75, 3.05) is 6.54 Å². The number of halogens is 1. The van der Waals surface area contributed by atoms with Gasteiger partial charge in [0.15, 0.2) is 0 Å². The van der Waals surface area contributed by atoms with E-state index >= 15 is 0 Å². The number of carbonyl (C=O) groups excluding carboxylic acids is 2. The molecule has 0 radical (unpaired) electrons. The zero-order chi connectivity index (χ0) is 22.0. The minimum Gasteiger partial charge on any atom is -0.507 e. The average molecular weight is 431 g/mol. The first-order valence-electron chi connectivity index (χ1n) is 8.71. The Morgan fingerprint density at radius 3 is 2.20 bits per heavy atom. The predicted octanol–water partition coefficient (Wildman–Crippen LogP) is 3.14. The summed E-state index contributed by atoms with van der Waals surface area (Å²) >= 11 is 5.85. The molecule has 0 bridgehead atoms. The van der Waals surface area contributed by atoms with Gasteiger partial charge in [-0.2, -0.15) is 0 Å². The standard InChI is InChI=1S/C20H15ClN2O7/c21-13-5-1-12(2-6-13)18(26)16-17(11-3-7-14(8-4-11)23(29)30)22(10-9-15(24)25)20(28)19(16)27/h1-8,17,26H,9-10H2,(H,24,25)/t17-/m1/s1. The first kappa shape index (κ1) is 21.0. The smallest absolute Gasteiger partial charge is 0.305 e. The van der Waals surface area contributed by atoms with E-state index in [0.29, 0.717) is 10.6 Å². The van der Waals surface area contributed by atoms with Gasteiger partial charge in [0.1, 0.15) is 5.76 Å². The van der Waals surface area contributed by atoms with Crippen molar-refractivity contribution in [3.05, 3.63) is 80.4 Å². The summed E-state index contributed by atoms with van der Waals surface area (Å²) in [7, 11) is 0. The number of carboxylic acids is 1. The molecular weight excluding hydrogens is 416 g/mol. The highest BCUT2D eigenvalue weighted by Gasteiger charge is 2.46. The number of carboxylic acid groups (broad SMARTS) is 1. The topological polar surface area (TPSA) is 138 Å². The lowest BCUT2D eigenvalue weighted by Gasteiger charge is -2.24. The second-order valence-electron chi connectivity index (χ2n) is 6.49. The molecule has 3 rings (SSSR count). The number of hydrogen-bond acceptors (Lipinski definition) is 6. The van der Waals surface area contributed by atoms with Crippen LogP contribution in [0, 0.1) is 10.1 Å². The van der Waals surface area contributed by atoms with Crippen LogP contribution in [0.15, 0.2) is 54.1 Å². The average Bonchev–Trinajstić information content (AvgIpc) is 2.97. The Kier molecular flexibility index (Phi) is 5.84. The van der Waals surface area contributed by atoms with Crippen molar-refractivity contribution < 1.29 is 29.5 Å². The Bertz CT molecular complexity index is 1060. The second kappa shape index (κ2) is 8.34. The van der Waals surface area contributed by atoms with Gasteiger partial charge in [-0.3, -0.25) is 24.5 Å². The van der Waals surface area contributed by atoms with E-state index in [1.165, 1.54) is 48.5 Å². The largest absolute Gasteiger partial charge is 0.507 e. The number of hydrogen-bond donors (Lipinski definition) is 2. The number of rotatable bonds is 6. The maximum absolute atomic E-state index is 12.7. The maximum Gasteiger partial charge on any atom is 0.305 e. The number of carbonyl (C=O) groups is 3. The third kappa shape index (κ3) is 4.01. The summed E-state index contributed by atoms with van der Waals surface area (Å²) in [4.78, 5) is 47.7. The van der Waals surface area contributed by atoms with Crippen molar-refractivity contribution in [2.45, 2.75) is 12.5 Å². The molecule has 0 spiro atoms.